The first-order valence-corrected chi connectivity index (χ1v) is 10.1. The first-order valence-electron chi connectivity index (χ1n) is 10.1. The number of piperidine rings is 1. The van der Waals surface area contributed by atoms with Gasteiger partial charge in [0.25, 0.3) is 5.91 Å². The summed E-state index contributed by atoms with van der Waals surface area (Å²) in [6.45, 7) is 3.18. The number of nitrogens with one attached hydrogen (secondary N) is 1. The molecular weight excluding hydrogens is 348 g/mol. The van der Waals surface area contributed by atoms with Gasteiger partial charge in [0.2, 0.25) is 0 Å². The number of nitrogens with zero attached hydrogens (tertiary/aromatic N) is 1. The number of likely N-dealkylation sites (tertiary alicyclic amines) is 1. The number of H-pyrrole nitrogens is 1. The number of aromatic amines is 1. The molecule has 3 aromatic rings. The van der Waals surface area contributed by atoms with Gasteiger partial charge in [-0.2, -0.15) is 0 Å². The Morgan fingerprint density at radius 1 is 1.11 bits per heavy atom. The molecule has 2 aromatic carbocycles. The molecule has 142 valence electrons. The molecule has 2 heterocycles. The van der Waals surface area contributed by atoms with Crippen molar-refractivity contribution in [2.45, 2.75) is 32.6 Å². The molecule has 1 saturated heterocycles. The lowest BCUT2D eigenvalue weighted by molar-refractivity contribution is 0.0633. The molecule has 0 bridgehead atoms. The van der Waals surface area contributed by atoms with Gasteiger partial charge >= 0.3 is 0 Å². The van der Waals surface area contributed by atoms with Gasteiger partial charge in [-0.15, -0.1) is 0 Å². The summed E-state index contributed by atoms with van der Waals surface area (Å²) in [6, 6.07) is 12.3. The second-order valence-electron chi connectivity index (χ2n) is 8.16. The normalized spacial score (nSPS) is 18.6. The number of hydrogen-bond acceptors (Lipinski definition) is 2. The highest BCUT2D eigenvalue weighted by atomic mass is 16.2. The minimum atomic E-state index is -0.132. The number of benzene rings is 2. The van der Waals surface area contributed by atoms with E-state index in [0.29, 0.717) is 18.8 Å². The van der Waals surface area contributed by atoms with Crippen LogP contribution < -0.4 is 0 Å². The van der Waals surface area contributed by atoms with Gasteiger partial charge in [-0.05, 0) is 66.1 Å². The van der Waals surface area contributed by atoms with Gasteiger partial charge in [-0.3, -0.25) is 9.59 Å². The van der Waals surface area contributed by atoms with E-state index in [0.717, 1.165) is 42.2 Å². The Kier molecular flexibility index (Phi) is 4.08. The highest BCUT2D eigenvalue weighted by Gasteiger charge is 2.31. The van der Waals surface area contributed by atoms with Crippen LogP contribution in [0.1, 0.15) is 50.4 Å². The van der Waals surface area contributed by atoms with Crippen molar-refractivity contribution in [3.05, 3.63) is 70.5 Å². The minimum absolute atomic E-state index is 0.00833. The maximum atomic E-state index is 13.4. The van der Waals surface area contributed by atoms with E-state index in [1.165, 1.54) is 16.5 Å². The van der Waals surface area contributed by atoms with Crippen LogP contribution in [-0.2, 0) is 12.8 Å². The predicted octanol–water partition coefficient (Wildman–Crippen LogP) is 4.31. The fourth-order valence-corrected chi connectivity index (χ4v) is 4.85. The van der Waals surface area contributed by atoms with Crippen molar-refractivity contribution in [2.24, 2.45) is 5.92 Å². The first-order chi connectivity index (χ1) is 13.6. The number of ketones is 1. The van der Waals surface area contributed by atoms with E-state index in [4.69, 9.17) is 0 Å². The molecule has 0 unspecified atom stereocenters. The predicted molar refractivity (Wildman–Crippen MR) is 110 cm³/mol. The number of carbonyl (C=O) groups is 2. The van der Waals surface area contributed by atoms with Gasteiger partial charge in [0, 0.05) is 30.8 Å². The number of amides is 1. The Hall–Kier alpha value is -2.88. The van der Waals surface area contributed by atoms with Crippen molar-refractivity contribution in [2.75, 3.05) is 13.1 Å². The Morgan fingerprint density at radius 3 is 2.71 bits per heavy atom. The molecule has 0 spiro atoms. The zero-order valence-electron chi connectivity index (χ0n) is 16.1. The van der Waals surface area contributed by atoms with Crippen LogP contribution in [0.25, 0.3) is 10.8 Å². The summed E-state index contributed by atoms with van der Waals surface area (Å²) in [6.07, 6.45) is 5.67. The Labute approximate surface area is 164 Å². The SMILES string of the molecule is Cc1c[nH]c(C(=O)N2CCC[C@@H](C(=O)c3ccc4c5c(cccc35)CC4)C2)c1. The van der Waals surface area contributed by atoms with Crippen LogP contribution in [-0.4, -0.2) is 34.7 Å². The van der Waals surface area contributed by atoms with Crippen molar-refractivity contribution in [3.63, 3.8) is 0 Å². The summed E-state index contributed by atoms with van der Waals surface area (Å²) in [4.78, 5) is 31.1. The molecule has 1 N–H and O–H groups in total. The molecule has 1 amide bonds. The van der Waals surface area contributed by atoms with E-state index in [1.54, 1.807) is 0 Å². The number of aromatic nitrogens is 1. The van der Waals surface area contributed by atoms with Crippen LogP contribution in [0.3, 0.4) is 0 Å². The summed E-state index contributed by atoms with van der Waals surface area (Å²) in [7, 11) is 0. The zero-order valence-corrected chi connectivity index (χ0v) is 16.1. The lowest BCUT2D eigenvalue weighted by atomic mass is 9.87. The van der Waals surface area contributed by atoms with Crippen LogP contribution >= 0.6 is 0 Å². The number of carbonyl (C=O) groups excluding carboxylic acids is 2. The Balaban J connectivity index is 1.43. The standard InChI is InChI=1S/C24H24N2O2/c1-15-12-21(25-13-15)24(28)26-11-3-5-18(14-26)23(27)20-10-9-17-8-7-16-4-2-6-19(20)22(16)17/h2,4,6,9-10,12-13,18,25H,3,5,7-8,11,14H2,1H3/t18-/m1/s1. The molecule has 28 heavy (non-hydrogen) atoms. The molecular formula is C24H24N2O2. The summed E-state index contributed by atoms with van der Waals surface area (Å²) >= 11 is 0. The maximum Gasteiger partial charge on any atom is 0.270 e. The number of rotatable bonds is 3. The van der Waals surface area contributed by atoms with Gasteiger partial charge < -0.3 is 9.88 Å². The van der Waals surface area contributed by atoms with Gasteiger partial charge in [0.1, 0.15) is 5.69 Å². The Morgan fingerprint density at radius 2 is 1.93 bits per heavy atom. The van der Waals surface area contributed by atoms with Crippen molar-refractivity contribution in [3.8, 4) is 0 Å². The molecule has 0 radical (unpaired) electrons. The van der Waals surface area contributed by atoms with Gasteiger partial charge in [0.15, 0.2) is 5.78 Å². The lowest BCUT2D eigenvalue weighted by Crippen LogP contribution is -2.42. The summed E-state index contributed by atoms with van der Waals surface area (Å²) in [5.41, 5.74) is 5.17. The molecule has 4 heteroatoms. The topological polar surface area (TPSA) is 53.2 Å². The van der Waals surface area contributed by atoms with E-state index in [2.05, 4.69) is 29.2 Å². The monoisotopic (exact) mass is 372 g/mol. The van der Waals surface area contributed by atoms with Crippen molar-refractivity contribution < 1.29 is 9.59 Å². The van der Waals surface area contributed by atoms with Crippen molar-refractivity contribution in [1.29, 1.82) is 0 Å². The van der Waals surface area contributed by atoms with Gasteiger partial charge in [0.05, 0.1) is 0 Å². The highest BCUT2D eigenvalue weighted by Crippen LogP contribution is 2.34. The average molecular weight is 372 g/mol. The molecule has 1 fully saturated rings. The second kappa shape index (κ2) is 6.62. The summed E-state index contributed by atoms with van der Waals surface area (Å²) < 4.78 is 0. The minimum Gasteiger partial charge on any atom is -0.357 e. The van der Waals surface area contributed by atoms with E-state index in [-0.39, 0.29) is 17.6 Å². The van der Waals surface area contributed by atoms with Crippen LogP contribution in [0.5, 0.6) is 0 Å². The van der Waals surface area contributed by atoms with Crippen LogP contribution in [0.2, 0.25) is 0 Å². The first kappa shape index (κ1) is 17.2. The lowest BCUT2D eigenvalue weighted by Gasteiger charge is -2.32. The highest BCUT2D eigenvalue weighted by molar-refractivity contribution is 6.11. The van der Waals surface area contributed by atoms with E-state index < -0.39 is 0 Å². The molecule has 0 saturated carbocycles. The molecule has 1 aliphatic heterocycles. The quantitative estimate of drug-likeness (QED) is 0.697. The molecule has 1 aliphatic carbocycles. The van der Waals surface area contributed by atoms with E-state index in [1.807, 2.05) is 30.2 Å². The van der Waals surface area contributed by atoms with E-state index >= 15 is 0 Å². The van der Waals surface area contributed by atoms with Crippen LogP contribution in [0.4, 0.5) is 0 Å². The summed E-state index contributed by atoms with van der Waals surface area (Å²) in [5.74, 6) is 0.0361. The van der Waals surface area contributed by atoms with Crippen molar-refractivity contribution in [1.82, 2.24) is 9.88 Å². The Bertz CT molecular complexity index is 1080. The third-order valence-electron chi connectivity index (χ3n) is 6.28. The van der Waals surface area contributed by atoms with Crippen LogP contribution in [0.15, 0.2) is 42.6 Å². The zero-order chi connectivity index (χ0) is 19.3. The van der Waals surface area contributed by atoms with Crippen LogP contribution in [0, 0.1) is 12.8 Å². The molecule has 2 aliphatic rings. The van der Waals surface area contributed by atoms with Gasteiger partial charge in [-0.1, -0.05) is 30.3 Å². The van der Waals surface area contributed by atoms with Gasteiger partial charge in [-0.25, -0.2) is 0 Å². The third kappa shape index (κ3) is 2.75. The number of hydrogen-bond donors (Lipinski definition) is 1. The number of aryl methyl sites for hydroxylation is 3. The smallest absolute Gasteiger partial charge is 0.270 e. The molecule has 1 aromatic heterocycles. The third-order valence-corrected chi connectivity index (χ3v) is 6.28. The fraction of sp³-hybridized carbons (Fsp3) is 0.333. The largest absolute Gasteiger partial charge is 0.357 e. The molecule has 1 atom stereocenters. The fourth-order valence-electron chi connectivity index (χ4n) is 4.85. The average Bonchev–Trinajstić information content (AvgIpc) is 3.35. The van der Waals surface area contributed by atoms with Crippen molar-refractivity contribution >= 4 is 22.5 Å². The molecule has 5 rings (SSSR count). The van der Waals surface area contributed by atoms with E-state index in [9.17, 15) is 9.59 Å². The second-order valence-corrected chi connectivity index (χ2v) is 8.16. The maximum absolute atomic E-state index is 13.4. The molecule has 4 nitrogen and oxygen atoms in total. The summed E-state index contributed by atoms with van der Waals surface area (Å²) in [5, 5.41) is 2.36. The number of Topliss-reactive ketones (excluding diaryl/α,β-unsaturated/α-hetero) is 1.